The molecule has 11 atom stereocenters. The van der Waals surface area contributed by atoms with E-state index in [1.54, 1.807) is 72.7 Å². The van der Waals surface area contributed by atoms with E-state index in [0.29, 0.717) is 30.4 Å². The van der Waals surface area contributed by atoms with Crippen LogP contribution in [0.5, 0.6) is 0 Å². The van der Waals surface area contributed by atoms with Crippen LogP contribution in [0, 0.1) is 29.6 Å². The summed E-state index contributed by atoms with van der Waals surface area (Å²) in [6.07, 6.45) is 0.0457. The van der Waals surface area contributed by atoms with Crippen molar-refractivity contribution in [1.82, 2.24) is 40.4 Å². The van der Waals surface area contributed by atoms with E-state index >= 15 is 9.59 Å². The third kappa shape index (κ3) is 16.6. The van der Waals surface area contributed by atoms with Crippen molar-refractivity contribution in [2.75, 3.05) is 34.7 Å². The van der Waals surface area contributed by atoms with Gasteiger partial charge in [-0.1, -0.05) is 134 Å². The van der Waals surface area contributed by atoms with Crippen LogP contribution in [0.15, 0.2) is 59.1 Å². The number of carbonyl (C=O) groups excluding carboxylic acids is 9. The Bertz CT molecular complexity index is 2490. The average molecular weight is 1180 g/mol. The molecule has 2 heterocycles. The number of fused-ring (bicyclic) bond motifs is 1. The van der Waals surface area contributed by atoms with Gasteiger partial charge in [-0.25, -0.2) is 4.79 Å². The van der Waals surface area contributed by atoms with Crippen molar-refractivity contribution in [1.29, 1.82) is 0 Å². The van der Waals surface area contributed by atoms with Crippen molar-refractivity contribution in [2.24, 2.45) is 29.6 Å². The SMILES string of the molecule is CCC(C)[C@@H]1NC(=O)[C@@H]2CCCN2C(=O)[C@H](Cc2ccc(Br)cc2)N(C)C(=O)[C@H](Cc2ccccc2)NC(=O)[C@H](C(C)C)N(C)C(=O)[C@@H](C(C)CC)OC(=O)[C@H](C(C)(C)O)N(C)C(=O)[C@H](CC(C)C)NC(=O)[C@H](C(C)C)N(C)C1=O. The third-order valence-corrected chi connectivity index (χ3v) is 16.4. The molecule has 2 aliphatic rings. The summed E-state index contributed by atoms with van der Waals surface area (Å²) in [5, 5.41) is 20.5. The molecule has 4 rings (SSSR count). The van der Waals surface area contributed by atoms with Crippen molar-refractivity contribution in [3.63, 3.8) is 0 Å². The molecule has 0 saturated carbocycles. The van der Waals surface area contributed by atoms with Crippen LogP contribution in [-0.2, 0) is 60.7 Å². The number of aliphatic hydroxyl groups is 1. The molecular formula is C60H91BrN8O11. The predicted molar refractivity (Wildman–Crippen MR) is 309 cm³/mol. The largest absolute Gasteiger partial charge is 0.450 e. The van der Waals surface area contributed by atoms with Gasteiger partial charge in [-0.15, -0.1) is 0 Å². The van der Waals surface area contributed by atoms with Crippen molar-refractivity contribution >= 4 is 69.2 Å². The van der Waals surface area contributed by atoms with Crippen molar-refractivity contribution in [2.45, 2.75) is 188 Å². The maximum Gasteiger partial charge on any atom is 0.332 e. The number of likely N-dealkylation sites (N-methyl/N-ethyl adjacent to an activating group) is 4. The number of nitrogens with zero attached hydrogens (tertiary/aromatic N) is 5. The first-order chi connectivity index (χ1) is 37.4. The van der Waals surface area contributed by atoms with Crippen LogP contribution in [0.1, 0.15) is 126 Å². The zero-order valence-corrected chi connectivity index (χ0v) is 51.7. The van der Waals surface area contributed by atoms with Crippen LogP contribution in [0.2, 0.25) is 0 Å². The summed E-state index contributed by atoms with van der Waals surface area (Å²) in [5.41, 5.74) is -0.581. The molecule has 0 spiro atoms. The molecule has 80 heavy (non-hydrogen) atoms. The van der Waals surface area contributed by atoms with Crippen molar-refractivity contribution in [3.8, 4) is 0 Å². The Kier molecular flexibility index (Phi) is 24.3. The number of cyclic esters (lactones) is 1. The monoisotopic (exact) mass is 1180 g/mol. The van der Waals surface area contributed by atoms with Gasteiger partial charge in [0.2, 0.25) is 41.4 Å². The summed E-state index contributed by atoms with van der Waals surface area (Å²) < 4.78 is 6.89. The smallest absolute Gasteiger partial charge is 0.332 e. The number of hydrogen-bond donors (Lipinski definition) is 4. The molecular weight excluding hydrogens is 1090 g/mol. The fourth-order valence-electron chi connectivity index (χ4n) is 11.0. The van der Waals surface area contributed by atoms with Crippen molar-refractivity contribution in [3.05, 3.63) is 70.2 Å². The number of benzene rings is 2. The fraction of sp³-hybridized carbons (Fsp3) is 0.650. The summed E-state index contributed by atoms with van der Waals surface area (Å²) in [5.74, 6) is -8.71. The first-order valence-electron chi connectivity index (χ1n) is 28.4. The Morgan fingerprint density at radius 1 is 0.613 bits per heavy atom. The molecule has 0 radical (unpaired) electrons. The van der Waals surface area contributed by atoms with Crippen LogP contribution < -0.4 is 16.0 Å². The van der Waals surface area contributed by atoms with E-state index in [9.17, 15) is 38.7 Å². The normalized spacial score (nSPS) is 26.3. The number of ether oxygens (including phenoxy) is 1. The Morgan fingerprint density at radius 2 is 1.12 bits per heavy atom. The van der Waals surface area contributed by atoms with Crippen LogP contribution in [-0.4, -0.2) is 178 Å². The van der Waals surface area contributed by atoms with Gasteiger partial charge in [0.25, 0.3) is 5.91 Å². The van der Waals surface area contributed by atoms with Gasteiger partial charge in [-0.2, -0.15) is 0 Å². The first kappa shape index (κ1) is 66.6. The second-order valence-electron chi connectivity index (χ2n) is 23.8. The molecule has 2 aromatic carbocycles. The van der Waals surface area contributed by atoms with Gasteiger partial charge in [-0.3, -0.25) is 38.4 Å². The predicted octanol–water partition coefficient (Wildman–Crippen LogP) is 5.13. The average Bonchev–Trinajstić information content (AvgIpc) is 3.90. The zero-order valence-electron chi connectivity index (χ0n) is 50.1. The lowest BCUT2D eigenvalue weighted by atomic mass is 9.93. The molecule has 444 valence electrons. The van der Waals surface area contributed by atoms with Crippen LogP contribution in [0.4, 0.5) is 0 Å². The molecule has 2 aromatic rings. The molecule has 2 unspecified atom stereocenters. The number of carbonyl (C=O) groups is 9. The summed E-state index contributed by atoms with van der Waals surface area (Å²) in [4.78, 5) is 141. The lowest BCUT2D eigenvalue weighted by Gasteiger charge is -2.39. The van der Waals surface area contributed by atoms with E-state index in [1.807, 2.05) is 51.1 Å². The van der Waals surface area contributed by atoms with E-state index in [4.69, 9.17) is 4.74 Å². The van der Waals surface area contributed by atoms with Gasteiger partial charge in [0.1, 0.15) is 42.3 Å². The highest BCUT2D eigenvalue weighted by atomic mass is 79.9. The number of hydrogen-bond acceptors (Lipinski definition) is 11. The number of halogens is 1. The lowest BCUT2D eigenvalue weighted by molar-refractivity contribution is -0.177. The molecule has 2 fully saturated rings. The molecule has 2 aliphatic heterocycles. The first-order valence-corrected chi connectivity index (χ1v) is 29.2. The van der Waals surface area contributed by atoms with E-state index in [-0.39, 0.29) is 38.1 Å². The second-order valence-corrected chi connectivity index (χ2v) is 24.7. The van der Waals surface area contributed by atoms with E-state index in [0.717, 1.165) is 9.37 Å². The molecule has 19 nitrogen and oxygen atoms in total. The molecule has 0 aliphatic carbocycles. The Hall–Kier alpha value is -5.89. The lowest BCUT2D eigenvalue weighted by Crippen LogP contribution is -2.63. The number of amides is 8. The van der Waals surface area contributed by atoms with E-state index in [1.165, 1.54) is 61.6 Å². The quantitative estimate of drug-likeness (QED) is 0.192. The Balaban J connectivity index is 1.98. The van der Waals surface area contributed by atoms with Gasteiger partial charge in [0, 0.05) is 58.0 Å². The van der Waals surface area contributed by atoms with Crippen LogP contribution >= 0.6 is 15.9 Å². The maximum absolute atomic E-state index is 15.3. The fourth-order valence-corrected chi connectivity index (χ4v) is 11.2. The summed E-state index contributed by atoms with van der Waals surface area (Å²) in [7, 11) is 5.66. The molecule has 4 N–H and O–H groups in total. The minimum atomic E-state index is -1.97. The minimum absolute atomic E-state index is 0.0138. The van der Waals surface area contributed by atoms with Gasteiger partial charge in [0.15, 0.2) is 12.1 Å². The number of esters is 1. The van der Waals surface area contributed by atoms with Gasteiger partial charge in [0.05, 0.1) is 5.60 Å². The highest BCUT2D eigenvalue weighted by molar-refractivity contribution is 9.10. The van der Waals surface area contributed by atoms with Gasteiger partial charge < -0.3 is 50.3 Å². The van der Waals surface area contributed by atoms with Crippen molar-refractivity contribution < 1.29 is 53.0 Å². The number of rotatable bonds is 13. The highest BCUT2D eigenvalue weighted by Crippen LogP contribution is 2.28. The molecule has 0 aromatic heterocycles. The Morgan fingerprint density at radius 3 is 1.64 bits per heavy atom. The summed E-state index contributed by atoms with van der Waals surface area (Å²) >= 11 is 3.48. The van der Waals surface area contributed by atoms with Gasteiger partial charge >= 0.3 is 5.97 Å². The summed E-state index contributed by atoms with van der Waals surface area (Å²) in [6.45, 7) is 20.6. The molecule has 2 saturated heterocycles. The topological polar surface area (TPSA) is 235 Å². The molecule has 20 heteroatoms. The maximum atomic E-state index is 15.3. The number of nitrogens with one attached hydrogen (secondary N) is 3. The Labute approximate surface area is 483 Å². The third-order valence-electron chi connectivity index (χ3n) is 15.9. The van der Waals surface area contributed by atoms with Crippen LogP contribution in [0.25, 0.3) is 0 Å². The van der Waals surface area contributed by atoms with Gasteiger partial charge in [-0.05, 0) is 86.5 Å². The zero-order chi connectivity index (χ0) is 60.2. The highest BCUT2D eigenvalue weighted by Gasteiger charge is 2.48. The molecule has 8 amide bonds. The van der Waals surface area contributed by atoms with E-state index in [2.05, 4.69) is 31.9 Å². The van der Waals surface area contributed by atoms with E-state index < -0.39 is 137 Å². The minimum Gasteiger partial charge on any atom is -0.450 e. The standard InChI is InChI=1S/C60H91BrN8O11/c1-17-37(9)46-57(76)66(14)47(35(5)6)52(71)62-42(31-34(3)4)55(74)68(16)50(60(11,12)79)59(78)80-49(38(10)18-2)58(77)67(15)48(36(7)8)53(72)63-43(32-39-23-20-19-21-24-39)54(73)65(13)45(33-40-26-28-41(61)29-27-40)56(75)69-30-22-25-44(69)51(70)64-46/h19-21,23-24,26-29,34-38,42-50,79H,17-18,22,25,30-33H2,1-16H3,(H,62,71)(H,63,72)(H,64,70)/t37?,38?,42-,43-,44-,45-,46-,47-,48-,49+,50+/m0/s1. The summed E-state index contributed by atoms with van der Waals surface area (Å²) in [6, 6.07) is 6.18. The second kappa shape index (κ2) is 29.2. The molecule has 0 bridgehead atoms. The van der Waals surface area contributed by atoms with Crippen LogP contribution in [0.3, 0.4) is 0 Å².